The van der Waals surface area contributed by atoms with Gasteiger partial charge < -0.3 is 24.4 Å². The quantitative estimate of drug-likeness (QED) is 0.117. The largest absolute Gasteiger partial charge is 0.493 e. The van der Waals surface area contributed by atoms with Crippen LogP contribution in [0.25, 0.3) is 16.6 Å². The van der Waals surface area contributed by atoms with E-state index in [2.05, 4.69) is 25.5 Å². The second-order valence-corrected chi connectivity index (χ2v) is 11.2. The van der Waals surface area contributed by atoms with Crippen molar-refractivity contribution in [3.8, 4) is 28.7 Å². The average Bonchev–Trinajstić information content (AvgIpc) is 3.73. The van der Waals surface area contributed by atoms with Gasteiger partial charge in [0, 0.05) is 35.9 Å². The minimum atomic E-state index is -4.64. The Bertz CT molecular complexity index is 1940. The van der Waals surface area contributed by atoms with E-state index in [4.69, 9.17) is 14.2 Å². The molecule has 0 spiro atoms. The summed E-state index contributed by atoms with van der Waals surface area (Å²) >= 11 is 0. The number of nitrogens with zero attached hydrogens (tertiary/aromatic N) is 5. The lowest BCUT2D eigenvalue weighted by molar-refractivity contribution is -0.137. The van der Waals surface area contributed by atoms with Crippen LogP contribution in [0.15, 0.2) is 66.9 Å². The molecule has 1 fully saturated rings. The molecule has 250 valence electrons. The number of fused-ring (bicyclic) bond motifs is 1. The fraction of sp³-hybridized carbons (Fsp3) is 0.294. The Kier molecular flexibility index (Phi) is 9.44. The van der Waals surface area contributed by atoms with Gasteiger partial charge in [-0.2, -0.15) is 13.2 Å². The van der Waals surface area contributed by atoms with Crippen LogP contribution in [0.5, 0.6) is 23.0 Å². The summed E-state index contributed by atoms with van der Waals surface area (Å²) in [6.07, 6.45) is 0.248. The smallest absolute Gasteiger partial charge is 0.418 e. The van der Waals surface area contributed by atoms with Crippen molar-refractivity contribution in [2.45, 2.75) is 32.4 Å². The van der Waals surface area contributed by atoms with Crippen LogP contribution in [0.1, 0.15) is 41.0 Å². The molecule has 48 heavy (non-hydrogen) atoms. The highest BCUT2D eigenvalue weighted by molar-refractivity contribution is 6.03. The molecule has 0 bridgehead atoms. The number of anilines is 1. The third-order valence-electron chi connectivity index (χ3n) is 8.02. The highest BCUT2D eigenvalue weighted by atomic mass is 19.4. The van der Waals surface area contributed by atoms with Crippen LogP contribution in [0.2, 0.25) is 0 Å². The van der Waals surface area contributed by atoms with E-state index >= 15 is 4.39 Å². The first kappa shape index (κ1) is 32.7. The van der Waals surface area contributed by atoms with Crippen LogP contribution >= 0.6 is 0 Å². The molecule has 10 nitrogen and oxygen atoms in total. The van der Waals surface area contributed by atoms with Crippen molar-refractivity contribution in [3.05, 3.63) is 89.6 Å². The Hall–Kier alpha value is -5.24. The molecule has 3 heterocycles. The zero-order valence-corrected chi connectivity index (χ0v) is 26.2. The van der Waals surface area contributed by atoms with Gasteiger partial charge in [-0.3, -0.25) is 9.78 Å². The average molecular weight is 665 g/mol. The molecule has 0 aliphatic carbocycles. The second-order valence-electron chi connectivity index (χ2n) is 11.2. The van der Waals surface area contributed by atoms with Gasteiger partial charge in [0.05, 0.1) is 36.2 Å². The van der Waals surface area contributed by atoms with E-state index in [0.717, 1.165) is 42.9 Å². The number of likely N-dealkylation sites (tertiary alicyclic amines) is 1. The first-order valence-corrected chi connectivity index (χ1v) is 15.3. The summed E-state index contributed by atoms with van der Waals surface area (Å²) in [5.74, 6) is -0.329. The predicted octanol–water partition coefficient (Wildman–Crippen LogP) is 7.20. The normalized spacial score (nSPS) is 13.5. The third-order valence-corrected chi connectivity index (χ3v) is 8.02. The molecular weight excluding hydrogens is 632 g/mol. The summed E-state index contributed by atoms with van der Waals surface area (Å²) in [6, 6.07) is 13.7. The number of benzene rings is 3. The molecule has 2 aromatic heterocycles. The number of nitrogens with one attached hydrogen (secondary N) is 1. The van der Waals surface area contributed by atoms with Gasteiger partial charge in [-0.25, -0.2) is 9.07 Å². The number of alkyl halides is 3. The van der Waals surface area contributed by atoms with Gasteiger partial charge in [-0.05, 0) is 75.7 Å². The Labute approximate surface area is 273 Å². The van der Waals surface area contributed by atoms with Gasteiger partial charge >= 0.3 is 6.18 Å². The van der Waals surface area contributed by atoms with Crippen molar-refractivity contribution >= 4 is 22.5 Å². The van der Waals surface area contributed by atoms with Crippen molar-refractivity contribution < 1.29 is 36.6 Å². The number of aromatic nitrogens is 4. The number of pyridine rings is 1. The van der Waals surface area contributed by atoms with Gasteiger partial charge in [-0.1, -0.05) is 17.3 Å². The molecular formula is C34H32F4N6O4. The number of carbonyl (C=O) groups excluding carboxylic acids is 1. The molecule has 0 saturated carbocycles. The number of methoxy groups -OCH3 is 1. The van der Waals surface area contributed by atoms with E-state index in [9.17, 15) is 18.0 Å². The maximum Gasteiger partial charge on any atom is 0.418 e. The van der Waals surface area contributed by atoms with E-state index in [1.807, 2.05) is 0 Å². The molecule has 1 aliphatic heterocycles. The minimum absolute atomic E-state index is 0.0697. The number of hydrogen-bond acceptors (Lipinski definition) is 8. The lowest BCUT2D eigenvalue weighted by Crippen LogP contribution is -2.21. The number of halogens is 4. The van der Waals surface area contributed by atoms with E-state index in [1.165, 1.54) is 63.4 Å². The molecule has 0 unspecified atom stereocenters. The first-order chi connectivity index (χ1) is 23.1. The molecule has 1 N–H and O–H groups in total. The molecule has 14 heteroatoms. The Morgan fingerprint density at radius 3 is 2.52 bits per heavy atom. The van der Waals surface area contributed by atoms with Crippen LogP contribution < -0.4 is 19.5 Å². The highest BCUT2D eigenvalue weighted by Gasteiger charge is 2.34. The Balaban J connectivity index is 1.15. The Morgan fingerprint density at radius 1 is 0.979 bits per heavy atom. The van der Waals surface area contributed by atoms with Crippen molar-refractivity contribution in [2.75, 3.05) is 38.7 Å². The maximum absolute atomic E-state index is 15.3. The van der Waals surface area contributed by atoms with E-state index in [0.29, 0.717) is 34.8 Å². The summed E-state index contributed by atoms with van der Waals surface area (Å²) in [4.78, 5) is 19.8. The van der Waals surface area contributed by atoms with E-state index in [1.54, 1.807) is 18.2 Å². The van der Waals surface area contributed by atoms with Gasteiger partial charge in [0.15, 0.2) is 28.8 Å². The van der Waals surface area contributed by atoms with Crippen LogP contribution in [-0.2, 0) is 6.18 Å². The summed E-state index contributed by atoms with van der Waals surface area (Å²) in [7, 11) is 1.53. The molecule has 1 saturated heterocycles. The number of amides is 1. The van der Waals surface area contributed by atoms with Crippen molar-refractivity contribution in [1.29, 1.82) is 0 Å². The third kappa shape index (κ3) is 7.03. The zero-order valence-electron chi connectivity index (χ0n) is 26.2. The highest BCUT2D eigenvalue weighted by Crippen LogP contribution is 2.38. The predicted molar refractivity (Wildman–Crippen MR) is 170 cm³/mol. The van der Waals surface area contributed by atoms with Crippen LogP contribution in [-0.4, -0.2) is 64.1 Å². The monoisotopic (exact) mass is 664 g/mol. The fourth-order valence-electron chi connectivity index (χ4n) is 5.60. The van der Waals surface area contributed by atoms with Gasteiger partial charge in [0.2, 0.25) is 0 Å². The fourth-order valence-corrected chi connectivity index (χ4v) is 5.60. The van der Waals surface area contributed by atoms with Crippen molar-refractivity contribution in [2.24, 2.45) is 0 Å². The molecule has 5 aromatic rings. The van der Waals surface area contributed by atoms with Gasteiger partial charge in [0.25, 0.3) is 5.91 Å². The Morgan fingerprint density at radius 2 is 1.77 bits per heavy atom. The van der Waals surface area contributed by atoms with E-state index < -0.39 is 23.5 Å². The van der Waals surface area contributed by atoms with Crippen molar-refractivity contribution in [3.63, 3.8) is 0 Å². The first-order valence-electron chi connectivity index (χ1n) is 15.3. The summed E-state index contributed by atoms with van der Waals surface area (Å²) < 4.78 is 74.3. The topological polar surface area (TPSA) is 104 Å². The van der Waals surface area contributed by atoms with Gasteiger partial charge in [-0.15, -0.1) is 5.10 Å². The maximum atomic E-state index is 15.3. The molecule has 0 atom stereocenters. The van der Waals surface area contributed by atoms with Crippen LogP contribution in [0, 0.1) is 12.7 Å². The summed E-state index contributed by atoms with van der Waals surface area (Å²) in [6.45, 7) is 5.16. The lowest BCUT2D eigenvalue weighted by atomic mass is 10.1. The van der Waals surface area contributed by atoms with Crippen LogP contribution in [0.3, 0.4) is 0 Å². The SMILES string of the molecule is COc1cc2c(Oc3ccc(NC(=O)c4nnn(-c5ccccc5C(F)(F)F)c4C)cc3F)ccnc2cc1OCCCN1CCCC1. The van der Waals surface area contributed by atoms with E-state index in [-0.39, 0.29) is 28.5 Å². The molecule has 6 rings (SSSR count). The number of ether oxygens (including phenoxy) is 3. The van der Waals surface area contributed by atoms with Crippen molar-refractivity contribution in [1.82, 2.24) is 24.9 Å². The molecule has 1 amide bonds. The van der Waals surface area contributed by atoms with Gasteiger partial charge in [0.1, 0.15) is 5.75 Å². The standard InChI is InChI=1S/C34H32F4N6O4/c1-21-32(41-42-44(21)27-9-4-3-8-24(27)34(36,37)38)33(45)40-22-10-11-29(25(35)18-22)48-28-12-13-39-26-20-31(30(46-2)19-23(26)28)47-17-7-16-43-14-5-6-15-43/h3-4,8-13,18-20H,5-7,14-17H2,1-2H3,(H,40,45). The summed E-state index contributed by atoms with van der Waals surface area (Å²) in [5.41, 5.74) is -0.726. The molecule has 3 aromatic carbocycles. The number of para-hydroxylation sites is 1. The number of hydrogen-bond donors (Lipinski definition) is 1. The second kappa shape index (κ2) is 13.9. The van der Waals surface area contributed by atoms with Crippen LogP contribution in [0.4, 0.5) is 23.2 Å². The molecule has 0 radical (unpaired) electrons. The molecule has 1 aliphatic rings. The zero-order chi connectivity index (χ0) is 33.8. The minimum Gasteiger partial charge on any atom is -0.493 e. The number of rotatable bonds is 11. The number of carbonyl (C=O) groups is 1. The lowest BCUT2D eigenvalue weighted by Gasteiger charge is -2.16. The summed E-state index contributed by atoms with van der Waals surface area (Å²) in [5, 5.41) is 10.6.